The number of rotatable bonds is 9. The first kappa shape index (κ1) is 27.8. The Labute approximate surface area is 213 Å². The predicted molar refractivity (Wildman–Crippen MR) is 134 cm³/mol. The monoisotopic (exact) mass is 504 g/mol. The zero-order valence-corrected chi connectivity index (χ0v) is 21.8. The molecule has 2 heterocycles. The number of hydrogen-bond acceptors (Lipinski definition) is 7. The highest BCUT2D eigenvalue weighted by molar-refractivity contribution is 5.90. The van der Waals surface area contributed by atoms with Crippen molar-refractivity contribution in [3.63, 3.8) is 0 Å². The second-order valence-corrected chi connectivity index (χ2v) is 10.9. The molecule has 1 unspecified atom stereocenters. The Hall–Kier alpha value is -2.75. The number of ether oxygens (including phenoxy) is 2. The summed E-state index contributed by atoms with van der Waals surface area (Å²) < 4.78 is 10.9. The van der Waals surface area contributed by atoms with E-state index in [1.807, 2.05) is 32.9 Å². The van der Waals surface area contributed by atoms with E-state index in [0.717, 1.165) is 12.8 Å². The second-order valence-electron chi connectivity index (χ2n) is 10.9. The van der Waals surface area contributed by atoms with Gasteiger partial charge in [-0.1, -0.05) is 6.08 Å². The Morgan fingerprint density at radius 2 is 1.89 bits per heavy atom. The van der Waals surface area contributed by atoms with Gasteiger partial charge in [0.15, 0.2) is 0 Å². The maximum Gasteiger partial charge on any atom is 0.309 e. The zero-order valence-electron chi connectivity index (χ0n) is 21.8. The molecule has 3 atom stereocenters. The quantitative estimate of drug-likeness (QED) is 0.359. The minimum atomic E-state index is -0.493. The fourth-order valence-corrected chi connectivity index (χ4v) is 5.11. The van der Waals surface area contributed by atoms with Crippen LogP contribution >= 0.6 is 0 Å². The van der Waals surface area contributed by atoms with Gasteiger partial charge in [0.1, 0.15) is 12.2 Å². The van der Waals surface area contributed by atoms with Crippen LogP contribution in [0.25, 0.3) is 0 Å². The van der Waals surface area contributed by atoms with Gasteiger partial charge in [0, 0.05) is 44.7 Å². The SMILES string of the molecule is CN1C(=O)C[C@H](C(=O)NCCOCC(=O)NC2CCC(C(=O)OC(C)(C)C)CC2)[C@H]1C1C=CC=NC1. The number of carbonyl (C=O) groups excluding carboxylic acids is 4. The highest BCUT2D eigenvalue weighted by Crippen LogP contribution is 2.31. The van der Waals surface area contributed by atoms with Crippen LogP contribution in [0, 0.1) is 17.8 Å². The number of esters is 1. The molecule has 3 rings (SSSR count). The van der Waals surface area contributed by atoms with Crippen molar-refractivity contribution < 1.29 is 28.7 Å². The molecule has 1 saturated carbocycles. The van der Waals surface area contributed by atoms with Crippen LogP contribution in [-0.2, 0) is 28.7 Å². The first-order chi connectivity index (χ1) is 17.0. The molecule has 36 heavy (non-hydrogen) atoms. The van der Waals surface area contributed by atoms with Gasteiger partial charge in [-0.3, -0.25) is 24.2 Å². The van der Waals surface area contributed by atoms with Gasteiger partial charge in [-0.15, -0.1) is 0 Å². The average Bonchev–Trinajstić information content (AvgIpc) is 3.13. The second kappa shape index (κ2) is 12.5. The third kappa shape index (κ3) is 7.88. The Balaban J connectivity index is 1.31. The highest BCUT2D eigenvalue weighted by atomic mass is 16.6. The summed E-state index contributed by atoms with van der Waals surface area (Å²) in [4.78, 5) is 55.4. The summed E-state index contributed by atoms with van der Waals surface area (Å²) in [5, 5.41) is 5.80. The van der Waals surface area contributed by atoms with Crippen molar-refractivity contribution in [2.24, 2.45) is 22.7 Å². The third-order valence-corrected chi connectivity index (χ3v) is 6.90. The standard InChI is InChI=1S/C26H40N4O6/c1-26(2,3)36-25(34)17-7-9-19(10-8-17)29-21(31)16-35-13-12-28-24(33)20-14-22(32)30(4)23(20)18-6-5-11-27-15-18/h5-6,11,17-20,23H,7-10,12-16H2,1-4H3,(H,28,33)(H,29,31)/t17?,18?,19?,20-,23+/m0/s1. The van der Waals surface area contributed by atoms with Crippen molar-refractivity contribution in [1.82, 2.24) is 15.5 Å². The number of likely N-dealkylation sites (tertiary alicyclic amines) is 1. The summed E-state index contributed by atoms with van der Waals surface area (Å²) in [6, 6.07) is -0.199. The summed E-state index contributed by atoms with van der Waals surface area (Å²) in [7, 11) is 1.73. The van der Waals surface area contributed by atoms with Crippen LogP contribution < -0.4 is 10.6 Å². The molecule has 1 aliphatic carbocycles. The smallest absolute Gasteiger partial charge is 0.309 e. The molecule has 0 aromatic carbocycles. The highest BCUT2D eigenvalue weighted by Gasteiger charge is 2.45. The van der Waals surface area contributed by atoms with E-state index in [1.54, 1.807) is 18.2 Å². The van der Waals surface area contributed by atoms with Crippen LogP contribution in [0.5, 0.6) is 0 Å². The van der Waals surface area contributed by atoms with Gasteiger partial charge >= 0.3 is 5.97 Å². The zero-order chi connectivity index (χ0) is 26.3. The van der Waals surface area contributed by atoms with Crippen LogP contribution in [0.4, 0.5) is 0 Å². The molecule has 2 N–H and O–H groups in total. The molecule has 0 aromatic heterocycles. The number of nitrogens with one attached hydrogen (secondary N) is 2. The lowest BCUT2D eigenvalue weighted by Gasteiger charge is -2.30. The van der Waals surface area contributed by atoms with Gasteiger partial charge in [-0.2, -0.15) is 0 Å². The Morgan fingerprint density at radius 3 is 2.53 bits per heavy atom. The van der Waals surface area contributed by atoms with E-state index in [4.69, 9.17) is 9.47 Å². The fraction of sp³-hybridized carbons (Fsp3) is 0.731. The molecule has 0 aromatic rings. The number of dihydropyridines is 1. The van der Waals surface area contributed by atoms with Gasteiger partial charge in [-0.25, -0.2) is 0 Å². The van der Waals surface area contributed by atoms with Gasteiger partial charge in [-0.05, 0) is 52.5 Å². The minimum Gasteiger partial charge on any atom is -0.460 e. The van der Waals surface area contributed by atoms with Crippen molar-refractivity contribution in [1.29, 1.82) is 0 Å². The largest absolute Gasteiger partial charge is 0.460 e. The van der Waals surface area contributed by atoms with E-state index in [0.29, 0.717) is 19.4 Å². The Morgan fingerprint density at radius 1 is 1.17 bits per heavy atom. The molecule has 3 aliphatic rings. The first-order valence-corrected chi connectivity index (χ1v) is 12.8. The lowest BCUT2D eigenvalue weighted by atomic mass is 9.86. The van der Waals surface area contributed by atoms with E-state index < -0.39 is 11.5 Å². The van der Waals surface area contributed by atoms with Crippen LogP contribution in [0.3, 0.4) is 0 Å². The molecule has 2 fully saturated rings. The molecular weight excluding hydrogens is 464 g/mol. The fourth-order valence-electron chi connectivity index (χ4n) is 5.11. The molecule has 3 amide bonds. The molecular formula is C26H40N4O6. The summed E-state index contributed by atoms with van der Waals surface area (Å²) in [5.74, 6) is -1.15. The first-order valence-electron chi connectivity index (χ1n) is 12.8. The van der Waals surface area contributed by atoms with Crippen molar-refractivity contribution in [2.45, 2.75) is 70.6 Å². The Bertz CT molecular complexity index is 872. The number of hydrogen-bond donors (Lipinski definition) is 2. The number of carbonyl (C=O) groups is 4. The van der Waals surface area contributed by atoms with Crippen LogP contribution in [0.15, 0.2) is 17.1 Å². The van der Waals surface area contributed by atoms with Crippen LogP contribution in [-0.4, -0.2) is 85.8 Å². The van der Waals surface area contributed by atoms with E-state index in [2.05, 4.69) is 15.6 Å². The molecule has 10 heteroatoms. The summed E-state index contributed by atoms with van der Waals surface area (Å²) in [5.41, 5.74) is -0.493. The maximum absolute atomic E-state index is 12.8. The number of aliphatic imine (C=N–C) groups is 1. The summed E-state index contributed by atoms with van der Waals surface area (Å²) in [6.45, 7) is 6.49. The lowest BCUT2D eigenvalue weighted by Crippen LogP contribution is -2.45. The lowest BCUT2D eigenvalue weighted by molar-refractivity contribution is -0.161. The van der Waals surface area contributed by atoms with Crippen LogP contribution in [0.1, 0.15) is 52.9 Å². The molecule has 1 saturated heterocycles. The van der Waals surface area contributed by atoms with E-state index in [-0.39, 0.29) is 73.8 Å². The molecule has 200 valence electrons. The molecule has 0 radical (unpaired) electrons. The molecule has 0 spiro atoms. The topological polar surface area (TPSA) is 126 Å². The molecule has 2 aliphatic heterocycles. The van der Waals surface area contributed by atoms with Crippen molar-refractivity contribution in [3.8, 4) is 0 Å². The van der Waals surface area contributed by atoms with Crippen molar-refractivity contribution in [2.75, 3.05) is 33.4 Å². The maximum atomic E-state index is 12.8. The van der Waals surface area contributed by atoms with Crippen LogP contribution in [0.2, 0.25) is 0 Å². The van der Waals surface area contributed by atoms with Gasteiger partial charge in [0.05, 0.1) is 24.5 Å². The normalized spacial score (nSPS) is 28.2. The minimum absolute atomic E-state index is 0.0151. The number of nitrogens with zero attached hydrogens (tertiary/aromatic N) is 2. The van der Waals surface area contributed by atoms with Gasteiger partial charge in [0.2, 0.25) is 17.7 Å². The summed E-state index contributed by atoms with van der Waals surface area (Å²) >= 11 is 0. The van der Waals surface area contributed by atoms with Crippen molar-refractivity contribution in [3.05, 3.63) is 12.2 Å². The number of amides is 3. The van der Waals surface area contributed by atoms with E-state index >= 15 is 0 Å². The molecule has 10 nitrogen and oxygen atoms in total. The average molecular weight is 505 g/mol. The van der Waals surface area contributed by atoms with E-state index in [9.17, 15) is 19.2 Å². The predicted octanol–water partition coefficient (Wildman–Crippen LogP) is 1.24. The van der Waals surface area contributed by atoms with E-state index in [1.165, 1.54) is 0 Å². The Kier molecular flexibility index (Phi) is 9.64. The number of allylic oxidation sites excluding steroid dienone is 1. The third-order valence-electron chi connectivity index (χ3n) is 6.90. The van der Waals surface area contributed by atoms with Crippen molar-refractivity contribution >= 4 is 29.9 Å². The van der Waals surface area contributed by atoms with Gasteiger partial charge < -0.3 is 25.0 Å². The summed E-state index contributed by atoms with van der Waals surface area (Å²) in [6.07, 6.45) is 8.59. The van der Waals surface area contributed by atoms with Gasteiger partial charge in [0.25, 0.3) is 0 Å². The molecule has 0 bridgehead atoms.